The molecule has 0 radical (unpaired) electrons. The highest BCUT2D eigenvalue weighted by molar-refractivity contribution is 6.02. The van der Waals surface area contributed by atoms with Crippen LogP contribution in [-0.2, 0) is 0 Å². The van der Waals surface area contributed by atoms with Crippen LogP contribution in [0, 0.1) is 0 Å². The van der Waals surface area contributed by atoms with E-state index < -0.39 is 0 Å². The van der Waals surface area contributed by atoms with Gasteiger partial charge in [0, 0.05) is 36.0 Å². The second-order valence-corrected chi connectivity index (χ2v) is 5.13. The van der Waals surface area contributed by atoms with Crippen molar-refractivity contribution < 1.29 is 9.32 Å². The number of rotatable bonds is 4. The zero-order valence-corrected chi connectivity index (χ0v) is 12.2. The monoisotopic (exact) mass is 297 g/mol. The van der Waals surface area contributed by atoms with Crippen molar-refractivity contribution in [3.8, 4) is 11.3 Å². The van der Waals surface area contributed by atoms with E-state index in [4.69, 9.17) is 4.52 Å². The van der Waals surface area contributed by atoms with Gasteiger partial charge in [0.25, 0.3) is 5.91 Å². The van der Waals surface area contributed by atoms with E-state index in [0.29, 0.717) is 11.6 Å². The molecule has 7 heteroatoms. The summed E-state index contributed by atoms with van der Waals surface area (Å²) >= 11 is 0. The highest BCUT2D eigenvalue weighted by Gasteiger charge is 2.15. The third kappa shape index (κ3) is 2.88. The van der Waals surface area contributed by atoms with Crippen LogP contribution < -0.4 is 5.32 Å². The van der Waals surface area contributed by atoms with E-state index >= 15 is 0 Å². The van der Waals surface area contributed by atoms with E-state index in [-0.39, 0.29) is 17.5 Å². The molecule has 0 bridgehead atoms. The minimum absolute atomic E-state index is 0.178. The number of nitrogens with one attached hydrogen (secondary N) is 2. The van der Waals surface area contributed by atoms with Gasteiger partial charge in [-0.15, -0.1) is 0 Å². The Balaban J connectivity index is 1.73. The summed E-state index contributed by atoms with van der Waals surface area (Å²) in [5, 5.41) is 13.4. The highest BCUT2D eigenvalue weighted by atomic mass is 16.5. The number of pyridine rings is 1. The lowest BCUT2D eigenvalue weighted by molar-refractivity contribution is 0.101. The van der Waals surface area contributed by atoms with Gasteiger partial charge in [-0.3, -0.25) is 14.9 Å². The molecule has 0 aliphatic carbocycles. The van der Waals surface area contributed by atoms with E-state index in [1.165, 1.54) is 0 Å². The van der Waals surface area contributed by atoms with Gasteiger partial charge in [-0.05, 0) is 12.1 Å². The Kier molecular flexibility index (Phi) is 3.69. The molecular formula is C15H15N5O2. The molecule has 22 heavy (non-hydrogen) atoms. The average Bonchev–Trinajstić information content (AvgIpc) is 3.17. The standard InChI is InChI=1S/C15H15N5O2/c1-9(2)13-7-12(20-22-13)15(21)17-14-8-11(18-19-14)10-3-5-16-6-4-10/h3-9H,1-2H3,(H2,17,18,19,21). The minimum Gasteiger partial charge on any atom is -0.360 e. The summed E-state index contributed by atoms with van der Waals surface area (Å²) in [6.45, 7) is 3.94. The molecule has 2 N–H and O–H groups in total. The van der Waals surface area contributed by atoms with Crippen molar-refractivity contribution in [2.45, 2.75) is 19.8 Å². The number of carbonyl (C=O) groups excluding carboxylic acids is 1. The van der Waals surface area contributed by atoms with Crippen LogP contribution in [0.25, 0.3) is 11.3 Å². The van der Waals surface area contributed by atoms with Gasteiger partial charge >= 0.3 is 0 Å². The van der Waals surface area contributed by atoms with Gasteiger partial charge in [-0.25, -0.2) is 0 Å². The number of hydrogen-bond acceptors (Lipinski definition) is 5. The van der Waals surface area contributed by atoms with Gasteiger partial charge in [0.15, 0.2) is 11.5 Å². The van der Waals surface area contributed by atoms with Gasteiger partial charge in [0.05, 0.1) is 5.69 Å². The molecule has 0 aliphatic rings. The summed E-state index contributed by atoms with van der Waals surface area (Å²) in [6, 6.07) is 7.09. The van der Waals surface area contributed by atoms with Crippen molar-refractivity contribution in [1.29, 1.82) is 0 Å². The number of H-pyrrole nitrogens is 1. The quantitative estimate of drug-likeness (QED) is 0.771. The Morgan fingerprint density at radius 1 is 1.27 bits per heavy atom. The van der Waals surface area contributed by atoms with Crippen LogP contribution in [-0.4, -0.2) is 26.2 Å². The smallest absolute Gasteiger partial charge is 0.279 e. The number of anilines is 1. The van der Waals surface area contributed by atoms with Crippen molar-refractivity contribution in [3.63, 3.8) is 0 Å². The molecule has 0 aromatic carbocycles. The molecule has 0 saturated heterocycles. The second kappa shape index (κ2) is 5.80. The van der Waals surface area contributed by atoms with Crippen molar-refractivity contribution in [2.75, 3.05) is 5.32 Å². The van der Waals surface area contributed by atoms with E-state index in [1.54, 1.807) is 24.5 Å². The Bertz CT molecular complexity index is 776. The zero-order chi connectivity index (χ0) is 15.5. The Morgan fingerprint density at radius 2 is 2.05 bits per heavy atom. The number of amides is 1. The van der Waals surface area contributed by atoms with E-state index in [1.807, 2.05) is 26.0 Å². The first kappa shape index (κ1) is 14.0. The fourth-order valence-electron chi connectivity index (χ4n) is 1.91. The third-order valence-corrected chi connectivity index (χ3v) is 3.14. The lowest BCUT2D eigenvalue weighted by atomic mass is 10.1. The summed E-state index contributed by atoms with van der Waals surface area (Å²) in [7, 11) is 0. The van der Waals surface area contributed by atoms with Crippen molar-refractivity contribution in [3.05, 3.63) is 48.1 Å². The molecule has 0 aliphatic heterocycles. The first-order chi connectivity index (χ1) is 10.6. The lowest BCUT2D eigenvalue weighted by Crippen LogP contribution is -2.12. The first-order valence-electron chi connectivity index (χ1n) is 6.87. The molecule has 1 amide bonds. The molecule has 3 rings (SSSR count). The van der Waals surface area contributed by atoms with Crippen LogP contribution in [0.1, 0.15) is 36.0 Å². The fraction of sp³-hybridized carbons (Fsp3) is 0.200. The largest absolute Gasteiger partial charge is 0.360 e. The molecule has 0 spiro atoms. The molecule has 112 valence electrons. The van der Waals surface area contributed by atoms with Crippen LogP contribution in [0.2, 0.25) is 0 Å². The van der Waals surface area contributed by atoms with Gasteiger partial charge in [0.1, 0.15) is 5.76 Å². The highest BCUT2D eigenvalue weighted by Crippen LogP contribution is 2.19. The Morgan fingerprint density at radius 3 is 2.73 bits per heavy atom. The number of hydrogen-bond donors (Lipinski definition) is 2. The lowest BCUT2D eigenvalue weighted by Gasteiger charge is -1.96. The summed E-state index contributed by atoms with van der Waals surface area (Å²) in [5.74, 6) is 0.914. The van der Waals surface area contributed by atoms with Gasteiger partial charge < -0.3 is 9.84 Å². The minimum atomic E-state index is -0.358. The van der Waals surface area contributed by atoms with Crippen LogP contribution in [0.15, 0.2) is 41.2 Å². The number of aromatic nitrogens is 4. The molecule has 7 nitrogen and oxygen atoms in total. The third-order valence-electron chi connectivity index (χ3n) is 3.14. The van der Waals surface area contributed by atoms with Crippen LogP contribution >= 0.6 is 0 Å². The second-order valence-electron chi connectivity index (χ2n) is 5.13. The topological polar surface area (TPSA) is 96.7 Å². The molecule has 3 aromatic heterocycles. The van der Waals surface area contributed by atoms with Gasteiger partial charge in [0.2, 0.25) is 0 Å². The molecule has 0 fully saturated rings. The maximum absolute atomic E-state index is 12.1. The average molecular weight is 297 g/mol. The van der Waals surface area contributed by atoms with Gasteiger partial charge in [-0.2, -0.15) is 5.10 Å². The summed E-state index contributed by atoms with van der Waals surface area (Å²) < 4.78 is 5.11. The summed E-state index contributed by atoms with van der Waals surface area (Å²) in [5.41, 5.74) is 1.96. The van der Waals surface area contributed by atoms with Gasteiger partial charge in [-0.1, -0.05) is 19.0 Å². The van der Waals surface area contributed by atoms with Crippen molar-refractivity contribution >= 4 is 11.7 Å². The molecule has 3 aromatic rings. The molecule has 0 saturated carbocycles. The van der Waals surface area contributed by atoms with E-state index in [2.05, 4.69) is 25.7 Å². The van der Waals surface area contributed by atoms with E-state index in [0.717, 1.165) is 11.3 Å². The summed E-state index contributed by atoms with van der Waals surface area (Å²) in [6.07, 6.45) is 3.38. The van der Waals surface area contributed by atoms with Crippen LogP contribution in [0.3, 0.4) is 0 Å². The van der Waals surface area contributed by atoms with E-state index in [9.17, 15) is 4.79 Å². The SMILES string of the molecule is CC(C)c1cc(C(=O)Nc2cc(-c3ccncc3)[nH]n2)no1. The zero-order valence-electron chi connectivity index (χ0n) is 12.2. The molecule has 0 unspecified atom stereocenters. The maximum atomic E-state index is 12.1. The number of carbonyl (C=O) groups is 1. The molecule has 3 heterocycles. The summed E-state index contributed by atoms with van der Waals surface area (Å²) in [4.78, 5) is 16.1. The van der Waals surface area contributed by atoms with Crippen LogP contribution in [0.5, 0.6) is 0 Å². The first-order valence-corrected chi connectivity index (χ1v) is 6.87. The predicted molar refractivity (Wildman–Crippen MR) is 80.4 cm³/mol. The Hall–Kier alpha value is -2.96. The fourth-order valence-corrected chi connectivity index (χ4v) is 1.91. The normalized spacial score (nSPS) is 10.9. The predicted octanol–water partition coefficient (Wildman–Crippen LogP) is 2.84. The Labute approximate surface area is 126 Å². The molecule has 0 atom stereocenters. The van der Waals surface area contributed by atoms with Crippen molar-refractivity contribution in [2.24, 2.45) is 0 Å². The number of aromatic amines is 1. The van der Waals surface area contributed by atoms with Crippen molar-refractivity contribution in [1.82, 2.24) is 20.3 Å². The van der Waals surface area contributed by atoms with Crippen LogP contribution in [0.4, 0.5) is 5.82 Å². The molecular weight excluding hydrogens is 282 g/mol. The maximum Gasteiger partial charge on any atom is 0.279 e. The number of nitrogens with zero attached hydrogens (tertiary/aromatic N) is 3.